The largest absolute Gasteiger partial charge is 0.287 e. The van der Waals surface area contributed by atoms with E-state index in [4.69, 9.17) is 11.6 Å². The SMILES string of the molecule is CC(C)(C)SC(=O)C[C@@H](NS(=O)(=O)c1cccs1)c1cccc(Cl)c1. The van der Waals surface area contributed by atoms with Crippen LogP contribution in [0.3, 0.4) is 0 Å². The fourth-order valence-corrected chi connectivity index (χ4v) is 5.53. The van der Waals surface area contributed by atoms with Crippen LogP contribution in [0, 0.1) is 0 Å². The molecular weight excluding hydrogens is 398 g/mol. The number of thiophene rings is 1. The van der Waals surface area contributed by atoms with Crippen LogP contribution in [0.25, 0.3) is 0 Å². The molecule has 0 aliphatic carbocycles. The van der Waals surface area contributed by atoms with Gasteiger partial charge in [-0.15, -0.1) is 11.3 Å². The second kappa shape index (κ2) is 8.22. The highest BCUT2D eigenvalue weighted by Gasteiger charge is 2.26. The predicted octanol–water partition coefficient (Wildman–Crippen LogP) is 4.87. The Balaban J connectivity index is 2.28. The van der Waals surface area contributed by atoms with Crippen molar-refractivity contribution in [1.82, 2.24) is 4.72 Å². The van der Waals surface area contributed by atoms with Gasteiger partial charge in [0.25, 0.3) is 10.0 Å². The first-order valence-corrected chi connectivity index (χ1v) is 11.2. The number of benzene rings is 1. The first-order valence-electron chi connectivity index (χ1n) is 7.60. The van der Waals surface area contributed by atoms with Gasteiger partial charge in [-0.25, -0.2) is 13.1 Å². The number of nitrogens with one attached hydrogen (secondary N) is 1. The third-order valence-corrected chi connectivity index (χ3v) is 7.21. The van der Waals surface area contributed by atoms with Crippen LogP contribution in [0.15, 0.2) is 46.0 Å². The molecule has 2 rings (SSSR count). The molecule has 0 saturated heterocycles. The van der Waals surface area contributed by atoms with E-state index in [1.54, 1.807) is 35.7 Å². The average Bonchev–Trinajstić information content (AvgIpc) is 2.99. The molecule has 4 nitrogen and oxygen atoms in total. The Bertz CT molecular complexity index is 827. The van der Waals surface area contributed by atoms with E-state index < -0.39 is 16.1 Å². The van der Waals surface area contributed by atoms with Crippen LogP contribution >= 0.6 is 34.7 Å². The molecule has 0 amide bonds. The van der Waals surface area contributed by atoms with Crippen LogP contribution < -0.4 is 4.72 Å². The van der Waals surface area contributed by atoms with Crippen molar-refractivity contribution < 1.29 is 13.2 Å². The van der Waals surface area contributed by atoms with Crippen LogP contribution in [-0.4, -0.2) is 18.3 Å². The average molecular weight is 418 g/mol. The van der Waals surface area contributed by atoms with Gasteiger partial charge in [-0.3, -0.25) is 4.79 Å². The van der Waals surface area contributed by atoms with Gasteiger partial charge in [0.05, 0.1) is 6.04 Å². The standard InChI is InChI=1S/C17H20ClNO3S3/c1-17(2,3)24-15(20)11-14(12-6-4-7-13(18)10-12)19-25(21,22)16-8-5-9-23-16/h4-10,14,19H,11H2,1-3H3/t14-/m1/s1. The highest BCUT2D eigenvalue weighted by Crippen LogP contribution is 2.30. The molecule has 8 heteroatoms. The molecule has 0 fully saturated rings. The van der Waals surface area contributed by atoms with Gasteiger partial charge < -0.3 is 0 Å². The number of thioether (sulfide) groups is 1. The number of sulfonamides is 1. The summed E-state index contributed by atoms with van der Waals surface area (Å²) in [5, 5.41) is 2.11. The maximum Gasteiger partial charge on any atom is 0.250 e. The third kappa shape index (κ3) is 6.42. The minimum atomic E-state index is -3.70. The lowest BCUT2D eigenvalue weighted by molar-refractivity contribution is -0.111. The molecule has 0 aliphatic rings. The summed E-state index contributed by atoms with van der Waals surface area (Å²) in [6, 6.07) is 9.43. The van der Waals surface area contributed by atoms with Crippen molar-refractivity contribution in [3.8, 4) is 0 Å². The Hall–Kier alpha value is -0.860. The zero-order valence-electron chi connectivity index (χ0n) is 14.2. The molecule has 1 aromatic heterocycles. The summed E-state index contributed by atoms with van der Waals surface area (Å²) in [4.78, 5) is 12.4. The second-order valence-corrected chi connectivity index (χ2v) is 11.7. The van der Waals surface area contributed by atoms with E-state index in [0.717, 1.165) is 11.3 Å². The molecule has 0 aliphatic heterocycles. The summed E-state index contributed by atoms with van der Waals surface area (Å²) >= 11 is 8.37. The van der Waals surface area contributed by atoms with E-state index in [1.165, 1.54) is 17.8 Å². The Morgan fingerprint density at radius 3 is 2.56 bits per heavy atom. The van der Waals surface area contributed by atoms with E-state index in [9.17, 15) is 13.2 Å². The van der Waals surface area contributed by atoms with Crippen LogP contribution in [0.2, 0.25) is 5.02 Å². The van der Waals surface area contributed by atoms with Crippen LogP contribution in [0.5, 0.6) is 0 Å². The third-order valence-electron chi connectivity index (χ3n) is 3.10. The second-order valence-electron chi connectivity index (χ2n) is 6.45. The Morgan fingerprint density at radius 2 is 2.00 bits per heavy atom. The molecule has 136 valence electrons. The summed E-state index contributed by atoms with van der Waals surface area (Å²) in [6.07, 6.45) is 0.0485. The van der Waals surface area contributed by atoms with Crippen LogP contribution in [-0.2, 0) is 14.8 Å². The fraction of sp³-hybridized carbons (Fsp3) is 0.353. The van der Waals surface area contributed by atoms with Crippen molar-refractivity contribution in [2.24, 2.45) is 0 Å². The molecular formula is C17H20ClNO3S3. The Labute approximate surface area is 162 Å². The van der Waals surface area contributed by atoms with Crippen LogP contribution in [0.1, 0.15) is 38.8 Å². The zero-order chi connectivity index (χ0) is 18.7. The summed E-state index contributed by atoms with van der Waals surface area (Å²) in [6.45, 7) is 5.83. The lowest BCUT2D eigenvalue weighted by Gasteiger charge is -2.21. The van der Waals surface area contributed by atoms with E-state index in [0.29, 0.717) is 10.6 Å². The van der Waals surface area contributed by atoms with Crippen molar-refractivity contribution in [3.05, 3.63) is 52.4 Å². The first kappa shape index (κ1) is 20.5. The molecule has 1 N–H and O–H groups in total. The zero-order valence-corrected chi connectivity index (χ0v) is 17.4. The summed E-state index contributed by atoms with van der Waals surface area (Å²) in [5.74, 6) is 0. The van der Waals surface area contributed by atoms with Crippen molar-refractivity contribution in [1.29, 1.82) is 0 Å². The highest BCUT2D eigenvalue weighted by molar-refractivity contribution is 8.14. The Morgan fingerprint density at radius 1 is 1.28 bits per heavy atom. The van der Waals surface area contributed by atoms with Gasteiger partial charge in [-0.2, -0.15) is 0 Å². The number of hydrogen-bond acceptors (Lipinski definition) is 5. The number of rotatable bonds is 6. The Kier molecular flexibility index (Phi) is 6.73. The number of hydrogen-bond donors (Lipinski definition) is 1. The van der Waals surface area contributed by atoms with Gasteiger partial charge in [-0.1, -0.05) is 62.3 Å². The van der Waals surface area contributed by atoms with Gasteiger partial charge in [0.2, 0.25) is 0 Å². The molecule has 0 radical (unpaired) electrons. The molecule has 1 atom stereocenters. The van der Waals surface area contributed by atoms with Gasteiger partial charge >= 0.3 is 0 Å². The normalized spacial score (nSPS) is 13.6. The summed E-state index contributed by atoms with van der Waals surface area (Å²) < 4.78 is 27.8. The first-order chi connectivity index (χ1) is 11.6. The van der Waals surface area contributed by atoms with Crippen molar-refractivity contribution in [3.63, 3.8) is 0 Å². The molecule has 0 unspecified atom stereocenters. The van der Waals surface area contributed by atoms with Crippen molar-refractivity contribution in [2.75, 3.05) is 0 Å². The van der Waals surface area contributed by atoms with Crippen molar-refractivity contribution in [2.45, 2.75) is 42.2 Å². The van der Waals surface area contributed by atoms with E-state index >= 15 is 0 Å². The van der Waals surface area contributed by atoms with Gasteiger partial charge in [-0.05, 0) is 29.1 Å². The topological polar surface area (TPSA) is 63.2 Å². The predicted molar refractivity (Wildman–Crippen MR) is 106 cm³/mol. The van der Waals surface area contributed by atoms with Gasteiger partial charge in [0.1, 0.15) is 4.21 Å². The minimum Gasteiger partial charge on any atom is -0.287 e. The molecule has 1 heterocycles. The quantitative estimate of drug-likeness (QED) is 0.728. The van der Waals surface area contributed by atoms with Crippen LogP contribution in [0.4, 0.5) is 0 Å². The molecule has 0 bridgehead atoms. The maximum atomic E-state index is 12.6. The molecule has 0 spiro atoms. The summed E-state index contributed by atoms with van der Waals surface area (Å²) in [7, 11) is -3.70. The fourth-order valence-electron chi connectivity index (χ4n) is 2.16. The summed E-state index contributed by atoms with van der Waals surface area (Å²) in [5.41, 5.74) is 0.662. The maximum absolute atomic E-state index is 12.6. The van der Waals surface area contributed by atoms with Crippen molar-refractivity contribution >= 4 is 49.8 Å². The van der Waals surface area contributed by atoms with Gasteiger partial charge in [0.15, 0.2) is 5.12 Å². The van der Waals surface area contributed by atoms with E-state index in [2.05, 4.69) is 4.72 Å². The minimum absolute atomic E-state index is 0.0485. The van der Waals surface area contributed by atoms with Gasteiger partial charge in [0, 0.05) is 16.2 Å². The molecule has 2 aromatic rings. The number of halogens is 1. The number of carbonyl (C=O) groups excluding carboxylic acids is 1. The van der Waals surface area contributed by atoms with E-state index in [1.807, 2.05) is 20.8 Å². The number of carbonyl (C=O) groups is 1. The monoisotopic (exact) mass is 417 g/mol. The highest BCUT2D eigenvalue weighted by atomic mass is 35.5. The smallest absolute Gasteiger partial charge is 0.250 e. The lowest BCUT2D eigenvalue weighted by atomic mass is 10.1. The van der Waals surface area contributed by atoms with E-state index in [-0.39, 0.29) is 20.5 Å². The molecule has 0 saturated carbocycles. The molecule has 1 aromatic carbocycles. The lowest BCUT2D eigenvalue weighted by Crippen LogP contribution is -2.30. The molecule has 25 heavy (non-hydrogen) atoms.